The van der Waals surface area contributed by atoms with E-state index in [1.54, 1.807) is 19.9 Å². The first-order valence-electron chi connectivity index (χ1n) is 3.66. The minimum atomic E-state index is -0.644. The van der Waals surface area contributed by atoms with Crippen LogP contribution >= 0.6 is 15.9 Å². The SMILES string of the molecule is Cc1cc(Br)c([C@@H](C)O)cc1F. The third-order valence-electron chi connectivity index (χ3n) is 1.73. The third kappa shape index (κ3) is 1.84. The first-order valence-corrected chi connectivity index (χ1v) is 4.45. The molecule has 0 aliphatic rings. The highest BCUT2D eigenvalue weighted by molar-refractivity contribution is 9.10. The maximum Gasteiger partial charge on any atom is 0.126 e. The monoisotopic (exact) mass is 232 g/mol. The van der Waals surface area contributed by atoms with Gasteiger partial charge in [-0.05, 0) is 37.1 Å². The number of rotatable bonds is 1. The molecule has 0 bridgehead atoms. The lowest BCUT2D eigenvalue weighted by atomic mass is 10.1. The standard InChI is InChI=1S/C9H10BrFO/c1-5-3-8(10)7(6(2)12)4-9(5)11/h3-4,6,12H,1-2H3/t6-/m1/s1. The molecule has 1 nitrogen and oxygen atoms in total. The largest absolute Gasteiger partial charge is 0.389 e. The molecular weight excluding hydrogens is 223 g/mol. The van der Waals surface area contributed by atoms with E-state index in [0.717, 1.165) is 4.47 Å². The highest BCUT2D eigenvalue weighted by Crippen LogP contribution is 2.25. The molecule has 0 saturated carbocycles. The molecule has 1 aromatic carbocycles. The maximum absolute atomic E-state index is 13.0. The van der Waals surface area contributed by atoms with Crippen LogP contribution in [0.15, 0.2) is 16.6 Å². The van der Waals surface area contributed by atoms with Crippen molar-refractivity contribution in [3.05, 3.63) is 33.5 Å². The summed E-state index contributed by atoms with van der Waals surface area (Å²) in [7, 11) is 0. The number of benzene rings is 1. The zero-order valence-electron chi connectivity index (χ0n) is 6.94. The van der Waals surface area contributed by atoms with Gasteiger partial charge in [0.15, 0.2) is 0 Å². The van der Waals surface area contributed by atoms with E-state index in [1.807, 2.05) is 0 Å². The Morgan fingerprint density at radius 3 is 2.58 bits per heavy atom. The molecule has 12 heavy (non-hydrogen) atoms. The van der Waals surface area contributed by atoms with E-state index in [4.69, 9.17) is 0 Å². The lowest BCUT2D eigenvalue weighted by Crippen LogP contribution is -1.95. The van der Waals surface area contributed by atoms with E-state index in [9.17, 15) is 9.50 Å². The summed E-state index contributed by atoms with van der Waals surface area (Å²) >= 11 is 3.26. The second-order valence-electron chi connectivity index (χ2n) is 2.80. The quantitative estimate of drug-likeness (QED) is 0.790. The number of hydrogen-bond donors (Lipinski definition) is 1. The molecule has 3 heteroatoms. The molecule has 0 fully saturated rings. The average molecular weight is 233 g/mol. The normalized spacial score (nSPS) is 13.1. The van der Waals surface area contributed by atoms with Gasteiger partial charge in [-0.2, -0.15) is 0 Å². The smallest absolute Gasteiger partial charge is 0.126 e. The molecule has 0 aliphatic carbocycles. The van der Waals surface area contributed by atoms with Crippen LogP contribution in [-0.4, -0.2) is 5.11 Å². The zero-order valence-corrected chi connectivity index (χ0v) is 8.52. The molecule has 0 saturated heterocycles. The molecule has 1 N–H and O–H groups in total. The fraction of sp³-hybridized carbons (Fsp3) is 0.333. The Kier molecular flexibility index (Phi) is 2.85. The summed E-state index contributed by atoms with van der Waals surface area (Å²) in [6.07, 6.45) is -0.644. The second kappa shape index (κ2) is 3.54. The minimum Gasteiger partial charge on any atom is -0.389 e. The summed E-state index contributed by atoms with van der Waals surface area (Å²) in [5, 5.41) is 9.22. The van der Waals surface area contributed by atoms with Gasteiger partial charge < -0.3 is 5.11 Å². The van der Waals surface area contributed by atoms with Crippen LogP contribution in [0.1, 0.15) is 24.2 Å². The van der Waals surface area contributed by atoms with Crippen LogP contribution in [0.5, 0.6) is 0 Å². The lowest BCUT2D eigenvalue weighted by molar-refractivity contribution is 0.198. The Balaban J connectivity index is 3.23. The summed E-state index contributed by atoms with van der Waals surface area (Å²) in [6.45, 7) is 3.29. The molecule has 0 radical (unpaired) electrons. The molecular formula is C9H10BrFO. The summed E-state index contributed by atoms with van der Waals surface area (Å²) in [5.41, 5.74) is 1.16. The molecule has 1 atom stereocenters. The van der Waals surface area contributed by atoms with Crippen molar-refractivity contribution in [2.24, 2.45) is 0 Å². The highest BCUT2D eigenvalue weighted by Gasteiger charge is 2.09. The van der Waals surface area contributed by atoms with Gasteiger partial charge in [0.1, 0.15) is 5.82 Å². The van der Waals surface area contributed by atoms with Crippen LogP contribution in [0.3, 0.4) is 0 Å². The van der Waals surface area contributed by atoms with Crippen LogP contribution in [-0.2, 0) is 0 Å². The maximum atomic E-state index is 13.0. The minimum absolute atomic E-state index is 0.283. The van der Waals surface area contributed by atoms with Crippen LogP contribution in [0, 0.1) is 12.7 Å². The van der Waals surface area contributed by atoms with Gasteiger partial charge in [-0.3, -0.25) is 0 Å². The Hall–Kier alpha value is -0.410. The Labute approximate surface area is 79.4 Å². The molecule has 1 aromatic rings. The van der Waals surface area contributed by atoms with Crippen molar-refractivity contribution in [1.82, 2.24) is 0 Å². The first kappa shape index (κ1) is 9.68. The molecule has 0 amide bonds. The molecule has 0 aromatic heterocycles. The van der Waals surface area contributed by atoms with E-state index in [2.05, 4.69) is 15.9 Å². The molecule has 0 aliphatic heterocycles. The summed E-state index contributed by atoms with van der Waals surface area (Å²) in [5.74, 6) is -0.283. The van der Waals surface area contributed by atoms with Gasteiger partial charge in [-0.15, -0.1) is 0 Å². The van der Waals surface area contributed by atoms with Gasteiger partial charge in [-0.1, -0.05) is 15.9 Å². The van der Waals surface area contributed by atoms with E-state index in [-0.39, 0.29) is 5.82 Å². The molecule has 0 unspecified atom stereocenters. The Morgan fingerprint density at radius 2 is 2.08 bits per heavy atom. The molecule has 0 heterocycles. The van der Waals surface area contributed by atoms with E-state index < -0.39 is 6.10 Å². The molecule has 1 rings (SSSR count). The lowest BCUT2D eigenvalue weighted by Gasteiger charge is -2.08. The summed E-state index contributed by atoms with van der Waals surface area (Å²) in [6, 6.07) is 3.02. The summed E-state index contributed by atoms with van der Waals surface area (Å²) < 4.78 is 13.7. The van der Waals surface area contributed by atoms with Crippen molar-refractivity contribution < 1.29 is 9.50 Å². The zero-order chi connectivity index (χ0) is 9.30. The van der Waals surface area contributed by atoms with Crippen LogP contribution < -0.4 is 0 Å². The third-order valence-corrected chi connectivity index (χ3v) is 2.41. The fourth-order valence-electron chi connectivity index (χ4n) is 0.982. The number of hydrogen-bond acceptors (Lipinski definition) is 1. The van der Waals surface area contributed by atoms with E-state index in [1.165, 1.54) is 6.07 Å². The number of aryl methyl sites for hydroxylation is 1. The van der Waals surface area contributed by atoms with Crippen LogP contribution in [0.2, 0.25) is 0 Å². The van der Waals surface area contributed by atoms with Gasteiger partial charge in [0.05, 0.1) is 6.10 Å². The van der Waals surface area contributed by atoms with Crippen molar-refractivity contribution in [2.75, 3.05) is 0 Å². The fourth-order valence-corrected chi connectivity index (χ4v) is 1.77. The van der Waals surface area contributed by atoms with Crippen LogP contribution in [0.25, 0.3) is 0 Å². The Bertz CT molecular complexity index is 297. The van der Waals surface area contributed by atoms with Gasteiger partial charge in [-0.25, -0.2) is 4.39 Å². The van der Waals surface area contributed by atoms with Crippen molar-refractivity contribution in [2.45, 2.75) is 20.0 Å². The van der Waals surface area contributed by atoms with Gasteiger partial charge >= 0.3 is 0 Å². The highest BCUT2D eigenvalue weighted by atomic mass is 79.9. The van der Waals surface area contributed by atoms with Gasteiger partial charge in [0, 0.05) is 4.47 Å². The van der Waals surface area contributed by atoms with Crippen molar-refractivity contribution in [3.63, 3.8) is 0 Å². The molecule has 66 valence electrons. The number of halogens is 2. The van der Waals surface area contributed by atoms with E-state index >= 15 is 0 Å². The van der Waals surface area contributed by atoms with Gasteiger partial charge in [0.25, 0.3) is 0 Å². The Morgan fingerprint density at radius 1 is 1.50 bits per heavy atom. The predicted molar refractivity (Wildman–Crippen MR) is 49.5 cm³/mol. The van der Waals surface area contributed by atoms with Gasteiger partial charge in [0.2, 0.25) is 0 Å². The topological polar surface area (TPSA) is 20.2 Å². The average Bonchev–Trinajstić information content (AvgIpc) is 1.96. The van der Waals surface area contributed by atoms with Crippen LogP contribution in [0.4, 0.5) is 4.39 Å². The predicted octanol–water partition coefficient (Wildman–Crippen LogP) is 2.95. The number of aliphatic hydroxyl groups excluding tert-OH is 1. The summed E-state index contributed by atoms with van der Waals surface area (Å²) in [4.78, 5) is 0. The second-order valence-corrected chi connectivity index (χ2v) is 3.65. The number of aliphatic hydroxyl groups is 1. The van der Waals surface area contributed by atoms with Crippen molar-refractivity contribution in [3.8, 4) is 0 Å². The van der Waals surface area contributed by atoms with Crippen molar-refractivity contribution >= 4 is 15.9 Å². The molecule has 0 spiro atoms. The van der Waals surface area contributed by atoms with E-state index in [0.29, 0.717) is 11.1 Å². The first-order chi connectivity index (χ1) is 5.52. The van der Waals surface area contributed by atoms with Crippen molar-refractivity contribution in [1.29, 1.82) is 0 Å².